The van der Waals surface area contributed by atoms with Crippen molar-refractivity contribution < 1.29 is 13.0 Å². The average Bonchev–Trinajstić information content (AvgIpc) is 2.73. The predicted molar refractivity (Wildman–Crippen MR) is 124 cm³/mol. The highest BCUT2D eigenvalue weighted by Gasteiger charge is 2.37. The summed E-state index contributed by atoms with van der Waals surface area (Å²) < 4.78 is 31.4. The molecule has 0 radical (unpaired) electrons. The van der Waals surface area contributed by atoms with Gasteiger partial charge in [-0.15, -0.1) is 0 Å². The van der Waals surface area contributed by atoms with Crippen LogP contribution < -0.4 is 4.90 Å². The van der Waals surface area contributed by atoms with Crippen LogP contribution in [0.4, 0.5) is 11.4 Å². The Bertz CT molecular complexity index is 1200. The van der Waals surface area contributed by atoms with E-state index in [1.807, 2.05) is 18.2 Å². The topological polar surface area (TPSA) is 57.6 Å². The van der Waals surface area contributed by atoms with Crippen molar-refractivity contribution >= 4 is 32.3 Å². The number of unbranched alkanes of at least 4 members (excludes halogenated alkanes) is 1. The Labute approximate surface area is 178 Å². The maximum absolute atomic E-state index is 11.1. The van der Waals surface area contributed by atoms with Crippen LogP contribution in [-0.4, -0.2) is 18.7 Å². The van der Waals surface area contributed by atoms with E-state index in [1.165, 1.54) is 21.9 Å². The Morgan fingerprint density at radius 2 is 1.63 bits per heavy atom. The van der Waals surface area contributed by atoms with Crippen molar-refractivity contribution in [2.24, 2.45) is 0 Å². The fourth-order valence-electron chi connectivity index (χ4n) is 4.53. The third-order valence-corrected chi connectivity index (χ3v) is 7.08. The van der Waals surface area contributed by atoms with Gasteiger partial charge in [0.25, 0.3) is 10.1 Å². The number of rotatable bonds is 6. The summed E-state index contributed by atoms with van der Waals surface area (Å²) in [5.41, 5.74) is 4.56. The predicted octanol–water partition coefficient (Wildman–Crippen LogP) is 6.21. The molecule has 1 unspecified atom stereocenters. The normalized spacial score (nSPS) is 18.9. The molecular weight excluding hydrogens is 394 g/mol. The lowest BCUT2D eigenvalue weighted by molar-refractivity contribution is 0.462. The van der Waals surface area contributed by atoms with E-state index in [4.69, 9.17) is 4.55 Å². The molecule has 0 amide bonds. The second-order valence-corrected chi connectivity index (χ2v) is 9.85. The van der Waals surface area contributed by atoms with Gasteiger partial charge in [0.1, 0.15) is 0 Å². The van der Waals surface area contributed by atoms with Crippen LogP contribution >= 0.6 is 0 Å². The van der Waals surface area contributed by atoms with Crippen LogP contribution in [0.15, 0.2) is 78.5 Å². The lowest BCUT2D eigenvalue weighted by atomic mass is 9.69. The lowest BCUT2D eigenvalue weighted by Crippen LogP contribution is -2.32. The number of fused-ring (bicyclic) bond motifs is 3. The first-order chi connectivity index (χ1) is 14.3. The van der Waals surface area contributed by atoms with Gasteiger partial charge >= 0.3 is 0 Å². The van der Waals surface area contributed by atoms with Gasteiger partial charge in [0.2, 0.25) is 0 Å². The van der Waals surface area contributed by atoms with Crippen molar-refractivity contribution in [2.75, 3.05) is 10.7 Å². The van der Waals surface area contributed by atoms with Gasteiger partial charge in [0, 0.05) is 17.3 Å². The number of nitrogens with zero attached hydrogens (tertiary/aromatic N) is 1. The molecule has 0 aromatic heterocycles. The summed E-state index contributed by atoms with van der Waals surface area (Å²) in [7, 11) is -3.92. The Balaban J connectivity index is 1.82. The monoisotopic (exact) mass is 421 g/mol. The first-order valence-corrected chi connectivity index (χ1v) is 11.9. The van der Waals surface area contributed by atoms with E-state index in [2.05, 4.69) is 73.5 Å². The van der Waals surface area contributed by atoms with Gasteiger partial charge in [0.05, 0.1) is 11.4 Å². The van der Waals surface area contributed by atoms with Crippen LogP contribution in [0.2, 0.25) is 0 Å². The summed E-state index contributed by atoms with van der Waals surface area (Å²) in [6.45, 7) is 4.41. The molecule has 0 saturated carbocycles. The van der Waals surface area contributed by atoms with Gasteiger partial charge in [-0.1, -0.05) is 61.9 Å². The van der Waals surface area contributed by atoms with Crippen molar-refractivity contribution in [2.45, 2.75) is 38.5 Å². The standard InChI is InChI=1S/C25H27NO3S/c1-19-18-26(21-11-4-3-5-12-21)23-15-14-20-10-6-7-13-22(20)24(23)25(19,2)16-8-9-17-30(27,28)29/h3-7,10-15,18H,8-9,16-17H2,1-2H3,(H,27,28,29). The zero-order chi connectivity index (χ0) is 21.4. The second kappa shape index (κ2) is 7.89. The fraction of sp³-hybridized carbons (Fsp3) is 0.280. The van der Waals surface area contributed by atoms with Gasteiger partial charge in [-0.3, -0.25) is 4.55 Å². The van der Waals surface area contributed by atoms with Crippen LogP contribution in [0.1, 0.15) is 38.7 Å². The number of hydrogen-bond acceptors (Lipinski definition) is 3. The fourth-order valence-corrected chi connectivity index (χ4v) is 5.10. The molecule has 3 aromatic rings. The van der Waals surface area contributed by atoms with Crippen molar-refractivity contribution in [3.05, 3.63) is 84.1 Å². The van der Waals surface area contributed by atoms with E-state index >= 15 is 0 Å². The smallest absolute Gasteiger partial charge is 0.264 e. The highest BCUT2D eigenvalue weighted by Crippen LogP contribution is 2.50. The molecule has 4 nitrogen and oxygen atoms in total. The molecule has 0 saturated heterocycles. The summed E-state index contributed by atoms with van der Waals surface area (Å²) in [5, 5.41) is 2.42. The van der Waals surface area contributed by atoms with Crippen molar-refractivity contribution in [3.8, 4) is 0 Å². The Hall–Kier alpha value is -2.63. The molecule has 1 atom stereocenters. The van der Waals surface area contributed by atoms with Crippen LogP contribution in [-0.2, 0) is 15.5 Å². The van der Waals surface area contributed by atoms with Crippen molar-refractivity contribution in [1.82, 2.24) is 0 Å². The summed E-state index contributed by atoms with van der Waals surface area (Å²) >= 11 is 0. The Morgan fingerprint density at radius 3 is 2.37 bits per heavy atom. The summed E-state index contributed by atoms with van der Waals surface area (Å²) in [6.07, 6.45) is 4.18. The second-order valence-electron chi connectivity index (χ2n) is 8.27. The van der Waals surface area contributed by atoms with Gasteiger partial charge in [-0.25, -0.2) is 0 Å². The van der Waals surface area contributed by atoms with Crippen LogP contribution in [0.25, 0.3) is 10.8 Å². The number of benzene rings is 3. The van der Waals surface area contributed by atoms with Crippen LogP contribution in [0.3, 0.4) is 0 Å². The molecule has 4 rings (SSSR count). The molecule has 0 aliphatic carbocycles. The Kier molecular flexibility index (Phi) is 5.43. The molecular formula is C25H27NO3S. The minimum atomic E-state index is -3.92. The first kappa shape index (κ1) is 20.6. The SMILES string of the molecule is CC1=CN(c2ccccc2)c2ccc3ccccc3c2C1(C)CCCCS(=O)(=O)O. The summed E-state index contributed by atoms with van der Waals surface area (Å²) in [6, 6.07) is 23.1. The molecule has 5 heteroatoms. The van der Waals surface area contributed by atoms with E-state index in [9.17, 15) is 8.42 Å². The third kappa shape index (κ3) is 3.87. The van der Waals surface area contributed by atoms with E-state index in [0.29, 0.717) is 6.42 Å². The Morgan fingerprint density at radius 1 is 0.933 bits per heavy atom. The molecule has 156 valence electrons. The first-order valence-electron chi connectivity index (χ1n) is 10.3. The van der Waals surface area contributed by atoms with Crippen molar-refractivity contribution in [3.63, 3.8) is 0 Å². The van der Waals surface area contributed by atoms with Crippen molar-refractivity contribution in [1.29, 1.82) is 0 Å². The van der Waals surface area contributed by atoms with Crippen LogP contribution in [0.5, 0.6) is 0 Å². The molecule has 0 spiro atoms. The molecule has 1 heterocycles. The zero-order valence-corrected chi connectivity index (χ0v) is 18.2. The van der Waals surface area contributed by atoms with Crippen LogP contribution in [0, 0.1) is 0 Å². The largest absolute Gasteiger partial charge is 0.317 e. The van der Waals surface area contributed by atoms with E-state index in [0.717, 1.165) is 24.2 Å². The minimum Gasteiger partial charge on any atom is -0.317 e. The highest BCUT2D eigenvalue weighted by atomic mass is 32.2. The molecule has 30 heavy (non-hydrogen) atoms. The number of anilines is 2. The molecule has 1 aliphatic rings. The lowest BCUT2D eigenvalue weighted by Gasteiger charge is -2.42. The molecule has 3 aromatic carbocycles. The van der Waals surface area contributed by atoms with Gasteiger partial charge in [-0.2, -0.15) is 8.42 Å². The number of allylic oxidation sites excluding steroid dienone is 1. The highest BCUT2D eigenvalue weighted by molar-refractivity contribution is 7.85. The summed E-state index contributed by atoms with van der Waals surface area (Å²) in [5.74, 6) is -0.190. The molecule has 1 N–H and O–H groups in total. The molecule has 1 aliphatic heterocycles. The van der Waals surface area contributed by atoms with Gasteiger partial charge in [-0.05, 0) is 59.9 Å². The molecule has 0 fully saturated rings. The maximum atomic E-state index is 11.1. The van der Waals surface area contributed by atoms with E-state index in [-0.39, 0.29) is 11.2 Å². The molecule has 0 bridgehead atoms. The van der Waals surface area contributed by atoms with E-state index < -0.39 is 10.1 Å². The summed E-state index contributed by atoms with van der Waals surface area (Å²) in [4.78, 5) is 2.25. The quantitative estimate of drug-likeness (QED) is 0.380. The van der Waals surface area contributed by atoms with Gasteiger partial charge < -0.3 is 4.90 Å². The van der Waals surface area contributed by atoms with Gasteiger partial charge in [0.15, 0.2) is 0 Å². The maximum Gasteiger partial charge on any atom is 0.264 e. The zero-order valence-electron chi connectivity index (χ0n) is 17.4. The average molecular weight is 422 g/mol. The number of hydrogen-bond donors (Lipinski definition) is 1. The number of para-hydroxylation sites is 1. The minimum absolute atomic E-state index is 0.190. The van der Waals surface area contributed by atoms with E-state index in [1.54, 1.807) is 0 Å². The third-order valence-electron chi connectivity index (χ3n) is 6.27.